The van der Waals surface area contributed by atoms with Gasteiger partial charge in [0.05, 0.1) is 7.11 Å². The molecule has 0 aromatic heterocycles. The minimum absolute atomic E-state index is 0.0591. The highest BCUT2D eigenvalue weighted by Crippen LogP contribution is 2.26. The molecular weight excluding hydrogens is 483 g/mol. The van der Waals surface area contributed by atoms with Crippen LogP contribution in [0.25, 0.3) is 0 Å². The number of rotatable bonds is 11. The maximum Gasteiger partial charge on any atom is 0.261 e. The summed E-state index contributed by atoms with van der Waals surface area (Å²) >= 11 is 0. The average molecular weight is 519 g/mol. The number of para-hydroxylation sites is 2. The van der Waals surface area contributed by atoms with Crippen molar-refractivity contribution in [2.24, 2.45) is 0 Å². The van der Waals surface area contributed by atoms with E-state index < -0.39 is 17.8 Å². The van der Waals surface area contributed by atoms with Crippen molar-refractivity contribution in [3.8, 4) is 11.5 Å². The van der Waals surface area contributed by atoms with E-state index in [0.29, 0.717) is 23.5 Å². The van der Waals surface area contributed by atoms with E-state index in [-0.39, 0.29) is 25.1 Å². The summed E-state index contributed by atoms with van der Waals surface area (Å²) in [7, 11) is 1.53. The molecule has 6 nitrogen and oxygen atoms in total. The lowest BCUT2D eigenvalue weighted by atomic mass is 9.94. The van der Waals surface area contributed by atoms with E-state index in [1.54, 1.807) is 36.4 Å². The maximum atomic E-state index is 14.7. The van der Waals surface area contributed by atoms with E-state index in [1.807, 2.05) is 36.4 Å². The number of nitrogens with zero attached hydrogens (tertiary/aromatic N) is 1. The van der Waals surface area contributed by atoms with Crippen molar-refractivity contribution in [2.75, 3.05) is 13.7 Å². The van der Waals surface area contributed by atoms with Crippen LogP contribution in [0, 0.1) is 5.82 Å². The number of carbonyl (C=O) groups is 2. The Balaban J connectivity index is 1.63. The maximum absolute atomic E-state index is 14.7. The molecule has 0 bridgehead atoms. The van der Waals surface area contributed by atoms with Crippen LogP contribution in [0.1, 0.15) is 43.2 Å². The van der Waals surface area contributed by atoms with Crippen molar-refractivity contribution in [1.82, 2.24) is 10.2 Å². The molecule has 1 atom stereocenters. The van der Waals surface area contributed by atoms with Crippen LogP contribution < -0.4 is 14.8 Å². The summed E-state index contributed by atoms with van der Waals surface area (Å²) in [5.74, 6) is -0.166. The van der Waals surface area contributed by atoms with Gasteiger partial charge in [0, 0.05) is 24.6 Å². The molecule has 0 unspecified atom stereocenters. The number of nitrogens with one attached hydrogen (secondary N) is 1. The minimum atomic E-state index is -0.840. The van der Waals surface area contributed by atoms with Crippen LogP contribution in [0.5, 0.6) is 11.5 Å². The highest BCUT2D eigenvalue weighted by molar-refractivity contribution is 5.88. The molecule has 1 saturated carbocycles. The molecule has 3 aromatic carbocycles. The van der Waals surface area contributed by atoms with E-state index in [2.05, 4.69) is 5.32 Å². The first-order valence-electron chi connectivity index (χ1n) is 13.2. The smallest absolute Gasteiger partial charge is 0.261 e. The van der Waals surface area contributed by atoms with E-state index in [1.165, 1.54) is 18.1 Å². The summed E-state index contributed by atoms with van der Waals surface area (Å²) < 4.78 is 25.9. The number of carbonyl (C=O) groups excluding carboxylic acids is 2. The van der Waals surface area contributed by atoms with Gasteiger partial charge in [-0.2, -0.15) is 0 Å². The fourth-order valence-electron chi connectivity index (χ4n) is 4.87. The summed E-state index contributed by atoms with van der Waals surface area (Å²) in [6.07, 6.45) is 5.44. The largest absolute Gasteiger partial charge is 0.493 e. The van der Waals surface area contributed by atoms with Crippen LogP contribution in [0.15, 0.2) is 78.9 Å². The number of benzene rings is 3. The third-order valence-corrected chi connectivity index (χ3v) is 6.94. The van der Waals surface area contributed by atoms with Crippen LogP contribution >= 0.6 is 0 Å². The predicted molar refractivity (Wildman–Crippen MR) is 144 cm³/mol. The molecule has 0 spiro atoms. The Bertz CT molecular complexity index is 1200. The van der Waals surface area contributed by atoms with Gasteiger partial charge in [0.15, 0.2) is 18.1 Å². The number of methoxy groups -OCH3 is 1. The standard InChI is InChI=1S/C31H35FN2O4/c1-37-28-18-10-11-19-29(28)38-22-30(35)34(21-24-14-8-9-17-26(24)32)27(20-23-12-4-2-5-13-23)31(36)33-25-15-6-3-7-16-25/h2,4-5,8-14,17-19,25,27H,3,6-7,15-16,20-22H2,1H3,(H,33,36)/t27-/m1/s1. The van der Waals surface area contributed by atoms with Crippen molar-refractivity contribution >= 4 is 11.8 Å². The molecule has 3 aromatic rings. The molecule has 0 saturated heterocycles. The number of ether oxygens (including phenoxy) is 2. The number of hydrogen-bond donors (Lipinski definition) is 1. The summed E-state index contributed by atoms with van der Waals surface area (Å²) in [6.45, 7) is -0.382. The number of hydrogen-bond acceptors (Lipinski definition) is 4. The second-order valence-electron chi connectivity index (χ2n) is 9.60. The lowest BCUT2D eigenvalue weighted by Crippen LogP contribution is -2.53. The van der Waals surface area contributed by atoms with Gasteiger partial charge >= 0.3 is 0 Å². The van der Waals surface area contributed by atoms with Gasteiger partial charge in [-0.1, -0.05) is 79.9 Å². The Kier molecular flexibility index (Phi) is 9.73. The van der Waals surface area contributed by atoms with Crippen molar-refractivity contribution in [3.63, 3.8) is 0 Å². The first-order chi connectivity index (χ1) is 18.5. The van der Waals surface area contributed by atoms with Gasteiger partial charge in [-0.3, -0.25) is 9.59 Å². The normalized spacial score (nSPS) is 14.4. The van der Waals surface area contributed by atoms with Crippen LogP contribution in [-0.4, -0.2) is 42.5 Å². The molecule has 1 aliphatic carbocycles. The molecule has 0 aliphatic heterocycles. The van der Waals surface area contributed by atoms with Gasteiger partial charge in [-0.05, 0) is 36.6 Å². The van der Waals surface area contributed by atoms with Crippen molar-refractivity contribution in [1.29, 1.82) is 0 Å². The van der Waals surface area contributed by atoms with Crippen LogP contribution in [0.2, 0.25) is 0 Å². The van der Waals surface area contributed by atoms with Gasteiger partial charge in [0.25, 0.3) is 5.91 Å². The average Bonchev–Trinajstić information content (AvgIpc) is 2.95. The Morgan fingerprint density at radius 1 is 0.921 bits per heavy atom. The van der Waals surface area contributed by atoms with Gasteiger partial charge < -0.3 is 19.7 Å². The Hall–Kier alpha value is -3.87. The van der Waals surface area contributed by atoms with Crippen LogP contribution in [-0.2, 0) is 22.6 Å². The molecular formula is C31H35FN2O4. The molecule has 1 fully saturated rings. The molecule has 0 radical (unpaired) electrons. The first kappa shape index (κ1) is 27.2. The summed E-state index contributed by atoms with van der Waals surface area (Å²) in [5.41, 5.74) is 1.25. The third-order valence-electron chi connectivity index (χ3n) is 6.94. The lowest BCUT2D eigenvalue weighted by Gasteiger charge is -2.33. The molecule has 2 amide bonds. The fourth-order valence-corrected chi connectivity index (χ4v) is 4.87. The lowest BCUT2D eigenvalue weighted by molar-refractivity contribution is -0.143. The number of halogens is 1. The van der Waals surface area contributed by atoms with E-state index in [0.717, 1.165) is 37.7 Å². The highest BCUT2D eigenvalue weighted by atomic mass is 19.1. The summed E-state index contributed by atoms with van der Waals surface area (Å²) in [5, 5.41) is 3.18. The topological polar surface area (TPSA) is 67.9 Å². The predicted octanol–water partition coefficient (Wildman–Crippen LogP) is 5.30. The van der Waals surface area contributed by atoms with Gasteiger partial charge in [-0.15, -0.1) is 0 Å². The fraction of sp³-hybridized carbons (Fsp3) is 0.355. The summed E-state index contributed by atoms with van der Waals surface area (Å²) in [6, 6.07) is 22.2. The molecule has 1 aliphatic rings. The SMILES string of the molecule is COc1ccccc1OCC(=O)N(Cc1ccccc1F)[C@H](Cc1ccccc1)C(=O)NC1CCCCC1. The van der Waals surface area contributed by atoms with E-state index in [9.17, 15) is 14.0 Å². The minimum Gasteiger partial charge on any atom is -0.493 e. The van der Waals surface area contributed by atoms with Crippen molar-refractivity contribution in [3.05, 3.63) is 95.8 Å². The zero-order chi connectivity index (χ0) is 26.7. The first-order valence-corrected chi connectivity index (χ1v) is 13.2. The number of amides is 2. The zero-order valence-corrected chi connectivity index (χ0v) is 21.8. The molecule has 38 heavy (non-hydrogen) atoms. The Labute approximate surface area is 223 Å². The molecule has 4 rings (SSSR count). The van der Waals surface area contributed by atoms with Crippen LogP contribution in [0.4, 0.5) is 4.39 Å². The Morgan fingerprint density at radius 3 is 2.29 bits per heavy atom. The van der Waals surface area contributed by atoms with Crippen molar-refractivity contribution in [2.45, 2.75) is 57.2 Å². The highest BCUT2D eigenvalue weighted by Gasteiger charge is 2.32. The second-order valence-corrected chi connectivity index (χ2v) is 9.60. The Morgan fingerprint density at radius 2 is 1.58 bits per heavy atom. The van der Waals surface area contributed by atoms with Gasteiger partial charge in [-0.25, -0.2) is 4.39 Å². The molecule has 7 heteroatoms. The van der Waals surface area contributed by atoms with E-state index in [4.69, 9.17) is 9.47 Å². The second kappa shape index (κ2) is 13.6. The quantitative estimate of drug-likeness (QED) is 0.374. The monoisotopic (exact) mass is 518 g/mol. The third kappa shape index (κ3) is 7.34. The molecule has 1 N–H and O–H groups in total. The van der Waals surface area contributed by atoms with Gasteiger partial charge in [0.1, 0.15) is 11.9 Å². The zero-order valence-electron chi connectivity index (χ0n) is 21.8. The summed E-state index contributed by atoms with van der Waals surface area (Å²) in [4.78, 5) is 28.9. The van der Waals surface area contributed by atoms with Gasteiger partial charge in [0.2, 0.25) is 5.91 Å². The molecule has 0 heterocycles. The molecule has 200 valence electrons. The van der Waals surface area contributed by atoms with Crippen LogP contribution in [0.3, 0.4) is 0 Å². The van der Waals surface area contributed by atoms with E-state index >= 15 is 0 Å². The van der Waals surface area contributed by atoms with Crippen molar-refractivity contribution < 1.29 is 23.5 Å².